The van der Waals surface area contributed by atoms with E-state index in [0.29, 0.717) is 19.5 Å². The normalized spacial score (nSPS) is 16.8. The molecule has 0 spiro atoms. The zero-order valence-electron chi connectivity index (χ0n) is 17.1. The van der Waals surface area contributed by atoms with Gasteiger partial charge in [0, 0.05) is 26.3 Å². The average molecular weight is 422 g/mol. The van der Waals surface area contributed by atoms with Gasteiger partial charge in [-0.1, -0.05) is 24.3 Å². The molecule has 1 aliphatic rings. The molecule has 1 saturated heterocycles. The van der Waals surface area contributed by atoms with Crippen LogP contribution in [0.2, 0.25) is 0 Å². The number of aromatic hydroxyl groups is 1. The molecule has 2 heterocycles. The van der Waals surface area contributed by atoms with E-state index in [-0.39, 0.29) is 24.2 Å². The Labute approximate surface area is 179 Å². The Balaban J connectivity index is 1.58. The topological polar surface area (TPSA) is 78.7 Å². The lowest BCUT2D eigenvalue weighted by Crippen LogP contribution is -2.58. The van der Waals surface area contributed by atoms with Crippen LogP contribution in [-0.4, -0.2) is 55.9 Å². The van der Waals surface area contributed by atoms with E-state index in [1.54, 1.807) is 48.7 Å². The number of nitrogens with zero attached hydrogens (tertiary/aromatic N) is 4. The van der Waals surface area contributed by atoms with Crippen molar-refractivity contribution < 1.29 is 19.1 Å². The standard InChI is InChI=1S/C23H23FN4O3/c1-26-13-19(9-16-4-3-7-21(29)10-16)28(23(31)22(26)30)14-20-11-25-15-27(20)12-17-5-2-6-18(24)8-17/h2-8,10-11,15,19,29H,9,12-14H2,1H3. The summed E-state index contributed by atoms with van der Waals surface area (Å²) >= 11 is 0. The quantitative estimate of drug-likeness (QED) is 0.618. The summed E-state index contributed by atoms with van der Waals surface area (Å²) in [6.07, 6.45) is 3.78. The number of hydrogen-bond donors (Lipinski definition) is 1. The minimum Gasteiger partial charge on any atom is -0.508 e. The molecule has 0 bridgehead atoms. The number of halogens is 1. The molecule has 3 aromatic rings. The van der Waals surface area contributed by atoms with Crippen LogP contribution in [-0.2, 0) is 29.1 Å². The number of likely N-dealkylation sites (N-methyl/N-ethyl adjacent to an activating group) is 1. The van der Waals surface area contributed by atoms with Crippen molar-refractivity contribution in [2.24, 2.45) is 0 Å². The Kier molecular flexibility index (Phi) is 5.70. The maximum Gasteiger partial charge on any atom is 0.312 e. The van der Waals surface area contributed by atoms with Crippen LogP contribution < -0.4 is 0 Å². The summed E-state index contributed by atoms with van der Waals surface area (Å²) in [6.45, 7) is 0.996. The lowest BCUT2D eigenvalue weighted by molar-refractivity contribution is -0.158. The van der Waals surface area contributed by atoms with Crippen LogP contribution in [0, 0.1) is 5.82 Å². The van der Waals surface area contributed by atoms with Gasteiger partial charge in [-0.15, -0.1) is 0 Å². The van der Waals surface area contributed by atoms with Gasteiger partial charge in [-0.25, -0.2) is 9.37 Å². The van der Waals surface area contributed by atoms with Gasteiger partial charge in [0.25, 0.3) is 0 Å². The largest absolute Gasteiger partial charge is 0.508 e. The predicted molar refractivity (Wildman–Crippen MR) is 112 cm³/mol. The highest BCUT2D eigenvalue weighted by Crippen LogP contribution is 2.21. The zero-order chi connectivity index (χ0) is 22.0. The summed E-state index contributed by atoms with van der Waals surface area (Å²) in [6, 6.07) is 12.9. The fraction of sp³-hybridized carbons (Fsp3) is 0.261. The summed E-state index contributed by atoms with van der Waals surface area (Å²) in [7, 11) is 1.61. The molecule has 7 nitrogen and oxygen atoms in total. The summed E-state index contributed by atoms with van der Waals surface area (Å²) < 4.78 is 15.4. The molecule has 0 radical (unpaired) electrons. The van der Waals surface area contributed by atoms with Gasteiger partial charge >= 0.3 is 11.8 Å². The van der Waals surface area contributed by atoms with Crippen LogP contribution in [0.4, 0.5) is 4.39 Å². The van der Waals surface area contributed by atoms with Crippen molar-refractivity contribution in [1.29, 1.82) is 0 Å². The van der Waals surface area contributed by atoms with Crippen LogP contribution in [0.25, 0.3) is 0 Å². The van der Waals surface area contributed by atoms with Crippen molar-refractivity contribution in [3.8, 4) is 5.75 Å². The van der Waals surface area contributed by atoms with E-state index in [9.17, 15) is 19.1 Å². The first kappa shape index (κ1) is 20.6. The predicted octanol–water partition coefficient (Wildman–Crippen LogP) is 2.19. The molecule has 0 aliphatic carbocycles. The highest BCUT2D eigenvalue weighted by Gasteiger charge is 2.37. The smallest absolute Gasteiger partial charge is 0.312 e. The number of phenolic OH excluding ortho intramolecular Hbond substituents is 1. The molecule has 1 N–H and O–H groups in total. The van der Waals surface area contributed by atoms with Crippen LogP contribution in [0.5, 0.6) is 5.75 Å². The number of hydrogen-bond acceptors (Lipinski definition) is 4. The van der Waals surface area contributed by atoms with Gasteiger partial charge in [0.15, 0.2) is 0 Å². The van der Waals surface area contributed by atoms with Gasteiger partial charge in [0.1, 0.15) is 11.6 Å². The van der Waals surface area contributed by atoms with E-state index < -0.39 is 11.8 Å². The number of amides is 2. The summed E-state index contributed by atoms with van der Waals surface area (Å²) in [5, 5.41) is 9.77. The molecule has 0 saturated carbocycles. The number of phenols is 1. The van der Waals surface area contributed by atoms with Crippen molar-refractivity contribution in [2.75, 3.05) is 13.6 Å². The first-order valence-electron chi connectivity index (χ1n) is 9.98. The molecule has 1 unspecified atom stereocenters. The molecule has 1 fully saturated rings. The van der Waals surface area contributed by atoms with Crippen LogP contribution in [0.3, 0.4) is 0 Å². The number of piperazine rings is 1. The maximum absolute atomic E-state index is 13.5. The van der Waals surface area contributed by atoms with Gasteiger partial charge in [-0.2, -0.15) is 0 Å². The highest BCUT2D eigenvalue weighted by molar-refractivity contribution is 6.35. The Morgan fingerprint density at radius 2 is 1.84 bits per heavy atom. The molecular weight excluding hydrogens is 399 g/mol. The number of benzene rings is 2. The minimum atomic E-state index is -0.572. The minimum absolute atomic E-state index is 0.156. The number of rotatable bonds is 6. The van der Waals surface area contributed by atoms with Crippen molar-refractivity contribution in [2.45, 2.75) is 25.6 Å². The molecule has 1 aromatic heterocycles. The van der Waals surface area contributed by atoms with Crippen molar-refractivity contribution in [3.63, 3.8) is 0 Å². The fourth-order valence-electron chi connectivity index (χ4n) is 3.91. The lowest BCUT2D eigenvalue weighted by Gasteiger charge is -2.39. The van der Waals surface area contributed by atoms with Gasteiger partial charge in [0.2, 0.25) is 0 Å². The monoisotopic (exact) mass is 422 g/mol. The highest BCUT2D eigenvalue weighted by atomic mass is 19.1. The number of carbonyl (C=O) groups is 2. The third kappa shape index (κ3) is 4.58. The molecule has 1 atom stereocenters. The molecule has 8 heteroatoms. The van der Waals surface area contributed by atoms with E-state index in [1.807, 2.05) is 16.7 Å². The zero-order valence-corrected chi connectivity index (χ0v) is 17.1. The van der Waals surface area contributed by atoms with Gasteiger partial charge < -0.3 is 19.5 Å². The lowest BCUT2D eigenvalue weighted by atomic mass is 10.0. The summed E-state index contributed by atoms with van der Waals surface area (Å²) in [5.41, 5.74) is 2.39. The van der Waals surface area contributed by atoms with Gasteiger partial charge in [-0.3, -0.25) is 9.59 Å². The van der Waals surface area contributed by atoms with Crippen LogP contribution in [0.15, 0.2) is 61.1 Å². The Morgan fingerprint density at radius 3 is 2.61 bits per heavy atom. The number of imidazole rings is 1. The van der Waals surface area contributed by atoms with Crippen LogP contribution in [0.1, 0.15) is 16.8 Å². The van der Waals surface area contributed by atoms with Gasteiger partial charge in [0.05, 0.1) is 24.6 Å². The second-order valence-corrected chi connectivity index (χ2v) is 7.79. The molecule has 1 aliphatic heterocycles. The van der Waals surface area contributed by atoms with Crippen molar-refractivity contribution >= 4 is 11.8 Å². The summed E-state index contributed by atoms with van der Waals surface area (Å²) in [4.78, 5) is 32.4. The second-order valence-electron chi connectivity index (χ2n) is 7.79. The number of aromatic nitrogens is 2. The second kappa shape index (κ2) is 8.59. The average Bonchev–Trinajstić information content (AvgIpc) is 3.16. The molecule has 2 aromatic carbocycles. The molecule has 4 rings (SSSR count). The number of carbonyl (C=O) groups excluding carboxylic acids is 2. The van der Waals surface area contributed by atoms with E-state index in [0.717, 1.165) is 16.8 Å². The Hall–Kier alpha value is -3.68. The molecule has 31 heavy (non-hydrogen) atoms. The van der Waals surface area contributed by atoms with E-state index in [1.165, 1.54) is 17.0 Å². The Bertz CT molecular complexity index is 1110. The van der Waals surface area contributed by atoms with Crippen LogP contribution >= 0.6 is 0 Å². The molecular formula is C23H23FN4O3. The Morgan fingerprint density at radius 1 is 1.06 bits per heavy atom. The van der Waals surface area contributed by atoms with Crippen molar-refractivity contribution in [3.05, 3.63) is 83.7 Å². The van der Waals surface area contributed by atoms with E-state index >= 15 is 0 Å². The van der Waals surface area contributed by atoms with E-state index in [2.05, 4.69) is 4.98 Å². The first-order chi connectivity index (χ1) is 14.9. The third-order valence-corrected chi connectivity index (χ3v) is 5.47. The first-order valence-corrected chi connectivity index (χ1v) is 9.98. The van der Waals surface area contributed by atoms with E-state index in [4.69, 9.17) is 0 Å². The van der Waals surface area contributed by atoms with Crippen molar-refractivity contribution in [1.82, 2.24) is 19.4 Å². The molecule has 160 valence electrons. The molecule has 2 amide bonds. The summed E-state index contributed by atoms with van der Waals surface area (Å²) in [5.74, 6) is -1.28. The fourth-order valence-corrected chi connectivity index (χ4v) is 3.91. The SMILES string of the molecule is CN1CC(Cc2cccc(O)c2)N(Cc2cncn2Cc2cccc(F)c2)C(=O)C1=O. The maximum atomic E-state index is 13.5. The third-order valence-electron chi connectivity index (χ3n) is 5.47. The van der Waals surface area contributed by atoms with Gasteiger partial charge in [-0.05, 0) is 41.8 Å².